The van der Waals surface area contributed by atoms with E-state index in [0.29, 0.717) is 4.88 Å². The molecule has 0 aliphatic rings. The summed E-state index contributed by atoms with van der Waals surface area (Å²) in [6.45, 7) is 3.65. The van der Waals surface area contributed by atoms with Gasteiger partial charge < -0.3 is 10.1 Å². The van der Waals surface area contributed by atoms with Gasteiger partial charge in [0.25, 0.3) is 5.91 Å². The third kappa shape index (κ3) is 2.99. The number of nitrogens with one attached hydrogen (secondary N) is 1. The Labute approximate surface area is 97.2 Å². The number of hydrogen-bond donors (Lipinski definition) is 1. The van der Waals surface area contributed by atoms with E-state index in [1.165, 1.54) is 13.3 Å². The Morgan fingerprint density at radius 3 is 2.62 bits per heavy atom. The lowest BCUT2D eigenvalue weighted by Crippen LogP contribution is -2.44. The molecule has 0 spiro atoms. The quantitative estimate of drug-likeness (QED) is 0.777. The number of carbonyl (C=O) groups excluding carboxylic acids is 2. The average molecular weight is 243 g/mol. The molecule has 0 bridgehead atoms. The van der Waals surface area contributed by atoms with Crippen LogP contribution in [-0.4, -0.2) is 34.6 Å². The number of esters is 1. The Hall–Kier alpha value is -1.50. The number of carbonyl (C=O) groups is 2. The maximum Gasteiger partial charge on any atom is 0.328 e. The molecule has 1 aromatic rings. The molecule has 0 aliphatic heterocycles. The van der Waals surface area contributed by atoms with E-state index in [-0.39, 0.29) is 11.8 Å². The second kappa shape index (κ2) is 5.55. The van der Waals surface area contributed by atoms with Crippen molar-refractivity contribution in [3.63, 3.8) is 0 Å². The van der Waals surface area contributed by atoms with Crippen molar-refractivity contribution < 1.29 is 14.3 Å². The van der Waals surface area contributed by atoms with Crippen molar-refractivity contribution in [1.82, 2.24) is 14.9 Å². The molecule has 1 aromatic heterocycles. The van der Waals surface area contributed by atoms with Crippen LogP contribution in [0.15, 0.2) is 6.20 Å². The molecule has 1 atom stereocenters. The highest BCUT2D eigenvalue weighted by Crippen LogP contribution is 2.07. The Morgan fingerprint density at radius 1 is 1.50 bits per heavy atom. The van der Waals surface area contributed by atoms with Gasteiger partial charge in [-0.1, -0.05) is 18.3 Å². The van der Waals surface area contributed by atoms with Crippen LogP contribution in [0.5, 0.6) is 0 Å². The van der Waals surface area contributed by atoms with E-state index in [4.69, 9.17) is 0 Å². The Kier molecular flexibility index (Phi) is 4.36. The lowest BCUT2D eigenvalue weighted by Gasteiger charge is -2.18. The minimum absolute atomic E-state index is 0.0442. The summed E-state index contributed by atoms with van der Waals surface area (Å²) < 4.78 is 8.19. The van der Waals surface area contributed by atoms with Gasteiger partial charge in [-0.05, 0) is 17.5 Å². The molecule has 1 N–H and O–H groups in total. The molecule has 1 heterocycles. The average Bonchev–Trinajstić information content (AvgIpc) is 2.77. The second-order valence-electron chi connectivity index (χ2n) is 3.50. The second-order valence-corrected chi connectivity index (χ2v) is 4.29. The lowest BCUT2D eigenvalue weighted by atomic mass is 10.0. The van der Waals surface area contributed by atoms with Gasteiger partial charge in [-0.2, -0.15) is 0 Å². The highest BCUT2D eigenvalue weighted by Gasteiger charge is 2.25. The van der Waals surface area contributed by atoms with Gasteiger partial charge in [0.05, 0.1) is 13.3 Å². The summed E-state index contributed by atoms with van der Waals surface area (Å²) >= 11 is 0.979. The monoisotopic (exact) mass is 243 g/mol. The van der Waals surface area contributed by atoms with Crippen LogP contribution < -0.4 is 5.32 Å². The molecule has 88 valence electrons. The Balaban J connectivity index is 2.69. The van der Waals surface area contributed by atoms with Crippen molar-refractivity contribution in [3.8, 4) is 0 Å². The summed E-state index contributed by atoms with van der Waals surface area (Å²) in [4.78, 5) is 23.4. The van der Waals surface area contributed by atoms with Gasteiger partial charge >= 0.3 is 5.97 Å². The van der Waals surface area contributed by atoms with E-state index in [9.17, 15) is 9.59 Å². The molecule has 7 heteroatoms. The highest BCUT2D eigenvalue weighted by molar-refractivity contribution is 7.07. The van der Waals surface area contributed by atoms with E-state index >= 15 is 0 Å². The zero-order chi connectivity index (χ0) is 12.1. The number of nitrogens with zero attached hydrogens (tertiary/aromatic N) is 2. The minimum Gasteiger partial charge on any atom is -0.467 e. The van der Waals surface area contributed by atoms with E-state index in [0.717, 1.165) is 11.5 Å². The third-order valence-corrected chi connectivity index (χ3v) is 2.66. The molecule has 1 unspecified atom stereocenters. The Bertz CT molecular complexity index is 364. The molecule has 0 saturated carbocycles. The fourth-order valence-corrected chi connectivity index (χ4v) is 1.52. The molecule has 0 saturated heterocycles. The van der Waals surface area contributed by atoms with Gasteiger partial charge in [0.1, 0.15) is 10.9 Å². The van der Waals surface area contributed by atoms with Crippen LogP contribution in [-0.2, 0) is 9.53 Å². The van der Waals surface area contributed by atoms with Gasteiger partial charge in [0, 0.05) is 0 Å². The fourth-order valence-electron chi connectivity index (χ4n) is 1.10. The van der Waals surface area contributed by atoms with E-state index in [1.807, 2.05) is 13.8 Å². The van der Waals surface area contributed by atoms with Crippen molar-refractivity contribution in [2.75, 3.05) is 7.11 Å². The SMILES string of the molecule is COC(=O)C(NC(=O)c1cnns1)C(C)C. The van der Waals surface area contributed by atoms with Crippen LogP contribution in [0.3, 0.4) is 0 Å². The fraction of sp³-hybridized carbons (Fsp3) is 0.556. The molecular weight excluding hydrogens is 230 g/mol. The largest absolute Gasteiger partial charge is 0.467 e. The van der Waals surface area contributed by atoms with Crippen LogP contribution in [0.2, 0.25) is 0 Å². The minimum atomic E-state index is -0.653. The van der Waals surface area contributed by atoms with Crippen LogP contribution >= 0.6 is 11.5 Å². The molecule has 0 aliphatic carbocycles. The molecule has 0 fully saturated rings. The van der Waals surface area contributed by atoms with E-state index < -0.39 is 12.0 Å². The third-order valence-electron chi connectivity index (χ3n) is 1.99. The summed E-state index contributed by atoms with van der Waals surface area (Å²) in [7, 11) is 1.29. The molecule has 1 amide bonds. The normalized spacial score (nSPS) is 12.2. The van der Waals surface area contributed by atoms with Gasteiger partial charge in [-0.15, -0.1) is 5.10 Å². The van der Waals surface area contributed by atoms with Crippen LogP contribution in [0.4, 0.5) is 0 Å². The summed E-state index contributed by atoms with van der Waals surface area (Å²) in [5.74, 6) is -0.864. The molecule has 0 radical (unpaired) electrons. The van der Waals surface area contributed by atoms with Gasteiger partial charge in [-0.3, -0.25) is 4.79 Å². The Morgan fingerprint density at radius 2 is 2.19 bits per heavy atom. The number of amides is 1. The predicted molar refractivity (Wildman–Crippen MR) is 58.0 cm³/mol. The molecule has 0 aromatic carbocycles. The zero-order valence-corrected chi connectivity index (χ0v) is 10.1. The van der Waals surface area contributed by atoms with Gasteiger partial charge in [0.2, 0.25) is 0 Å². The summed E-state index contributed by atoms with van der Waals surface area (Å²) in [5, 5.41) is 6.14. The highest BCUT2D eigenvalue weighted by atomic mass is 32.1. The van der Waals surface area contributed by atoms with Crippen LogP contribution in [0.1, 0.15) is 23.5 Å². The van der Waals surface area contributed by atoms with Gasteiger partial charge in [-0.25, -0.2) is 4.79 Å². The van der Waals surface area contributed by atoms with Crippen molar-refractivity contribution in [3.05, 3.63) is 11.1 Å². The zero-order valence-electron chi connectivity index (χ0n) is 9.26. The van der Waals surface area contributed by atoms with E-state index in [1.54, 1.807) is 0 Å². The number of hydrogen-bond acceptors (Lipinski definition) is 6. The van der Waals surface area contributed by atoms with Crippen LogP contribution in [0.25, 0.3) is 0 Å². The predicted octanol–water partition coefficient (Wildman–Crippen LogP) is 0.465. The maximum atomic E-state index is 11.7. The first kappa shape index (κ1) is 12.6. The number of aromatic nitrogens is 2. The summed E-state index contributed by atoms with van der Waals surface area (Å²) in [5.41, 5.74) is 0. The van der Waals surface area contributed by atoms with Crippen molar-refractivity contribution in [1.29, 1.82) is 0 Å². The summed E-state index contributed by atoms with van der Waals surface area (Å²) in [6, 6.07) is -0.653. The molecular formula is C9H13N3O3S. The first-order valence-corrected chi connectivity index (χ1v) is 5.49. The van der Waals surface area contributed by atoms with Crippen molar-refractivity contribution >= 4 is 23.4 Å². The molecule has 16 heavy (non-hydrogen) atoms. The first-order chi connectivity index (χ1) is 7.56. The number of ether oxygens (including phenoxy) is 1. The summed E-state index contributed by atoms with van der Waals surface area (Å²) in [6.07, 6.45) is 1.36. The number of rotatable bonds is 4. The smallest absolute Gasteiger partial charge is 0.328 e. The van der Waals surface area contributed by atoms with Crippen molar-refractivity contribution in [2.24, 2.45) is 5.92 Å². The van der Waals surface area contributed by atoms with Crippen molar-refractivity contribution in [2.45, 2.75) is 19.9 Å². The lowest BCUT2D eigenvalue weighted by molar-refractivity contribution is -0.144. The van der Waals surface area contributed by atoms with Crippen LogP contribution in [0, 0.1) is 5.92 Å². The first-order valence-electron chi connectivity index (χ1n) is 4.72. The standard InChI is InChI=1S/C9H13N3O3S/c1-5(2)7(9(14)15-3)11-8(13)6-4-10-12-16-6/h4-5,7H,1-3H3,(H,11,13). The number of methoxy groups -OCH3 is 1. The van der Waals surface area contributed by atoms with Gasteiger partial charge in [0.15, 0.2) is 0 Å². The molecule has 1 rings (SSSR count). The molecule has 6 nitrogen and oxygen atoms in total. The van der Waals surface area contributed by atoms with E-state index in [2.05, 4.69) is 19.6 Å². The topological polar surface area (TPSA) is 81.2 Å². The maximum absolute atomic E-state index is 11.7.